The topological polar surface area (TPSA) is 83.5 Å². The number of hydrogen-bond donors (Lipinski definition) is 1. The van der Waals surface area contributed by atoms with E-state index in [9.17, 15) is 9.90 Å². The number of hydrogen-bond acceptors (Lipinski definition) is 7. The van der Waals surface area contributed by atoms with Gasteiger partial charge in [0.2, 0.25) is 0 Å². The maximum absolute atomic E-state index is 12.6. The highest BCUT2D eigenvalue weighted by Gasteiger charge is 2.47. The van der Waals surface area contributed by atoms with E-state index < -0.39 is 36.7 Å². The van der Waals surface area contributed by atoms with Crippen LogP contribution < -0.4 is 4.74 Å². The Kier molecular flexibility index (Phi) is 9.21. The Bertz CT molecular complexity index is 910. The summed E-state index contributed by atoms with van der Waals surface area (Å²) < 4.78 is 28.3. The van der Waals surface area contributed by atoms with Crippen LogP contribution in [0.4, 0.5) is 0 Å². The Morgan fingerprint density at radius 1 is 1.09 bits per heavy atom. The maximum Gasteiger partial charge on any atom is 0.331 e. The molecule has 1 aliphatic heterocycles. The molecule has 176 valence electrons. The van der Waals surface area contributed by atoms with Gasteiger partial charge in [0.15, 0.2) is 12.4 Å². The lowest BCUT2D eigenvalue weighted by molar-refractivity contribution is -0.301. The number of carbonyl (C=O) groups excluding carboxylic acids is 1. The van der Waals surface area contributed by atoms with E-state index in [-0.39, 0.29) is 13.2 Å². The molecule has 1 fully saturated rings. The predicted molar refractivity (Wildman–Crippen MR) is 123 cm³/mol. The molecule has 0 spiro atoms. The molecule has 0 aliphatic carbocycles. The van der Waals surface area contributed by atoms with Crippen molar-refractivity contribution in [1.29, 1.82) is 0 Å². The Balaban J connectivity index is 1.75. The summed E-state index contributed by atoms with van der Waals surface area (Å²) in [4.78, 5) is 12.6. The molecule has 0 bridgehead atoms. The molecular formula is C26H30O7. The van der Waals surface area contributed by atoms with E-state index >= 15 is 0 Å². The third kappa shape index (κ3) is 7.00. The molecule has 0 radical (unpaired) electrons. The fourth-order valence-corrected chi connectivity index (χ4v) is 3.41. The van der Waals surface area contributed by atoms with Crippen LogP contribution in [0.15, 0.2) is 73.3 Å². The lowest BCUT2D eigenvalue weighted by atomic mass is 9.99. The molecule has 1 aliphatic rings. The fraction of sp³-hybridized carbons (Fsp3) is 0.346. The molecule has 5 atom stereocenters. The van der Waals surface area contributed by atoms with Crippen molar-refractivity contribution in [3.63, 3.8) is 0 Å². The van der Waals surface area contributed by atoms with Crippen molar-refractivity contribution in [1.82, 2.24) is 0 Å². The smallest absolute Gasteiger partial charge is 0.331 e. The van der Waals surface area contributed by atoms with Crippen molar-refractivity contribution < 1.29 is 33.6 Å². The minimum absolute atomic E-state index is 0.187. The van der Waals surface area contributed by atoms with Crippen LogP contribution in [0.3, 0.4) is 0 Å². The van der Waals surface area contributed by atoms with E-state index in [0.29, 0.717) is 0 Å². The van der Waals surface area contributed by atoms with Crippen LogP contribution in [-0.2, 0) is 30.3 Å². The third-order valence-electron chi connectivity index (χ3n) is 5.20. The van der Waals surface area contributed by atoms with Crippen molar-refractivity contribution in [3.05, 3.63) is 84.5 Å². The second-order valence-corrected chi connectivity index (χ2v) is 7.59. The summed E-state index contributed by atoms with van der Waals surface area (Å²) in [5.41, 5.74) is 1.73. The van der Waals surface area contributed by atoms with Gasteiger partial charge in [-0.2, -0.15) is 0 Å². The van der Waals surface area contributed by atoms with Crippen LogP contribution in [0.25, 0.3) is 6.08 Å². The predicted octanol–water partition coefficient (Wildman–Crippen LogP) is 3.51. The van der Waals surface area contributed by atoms with Gasteiger partial charge in [-0.1, -0.05) is 48.5 Å². The zero-order valence-corrected chi connectivity index (χ0v) is 18.8. The van der Waals surface area contributed by atoms with Crippen molar-refractivity contribution >= 4 is 12.0 Å². The van der Waals surface area contributed by atoms with Gasteiger partial charge in [0.1, 0.15) is 18.0 Å². The monoisotopic (exact) mass is 454 g/mol. The SMILES string of the molecule is C=CCO[C@@H]1O[C@@H](C)[C@H](O)[C@@H](OCc2ccc(OC)cc2)[C@H]1OC(=O)/C=C/c1ccccc1. The highest BCUT2D eigenvalue weighted by atomic mass is 16.7. The largest absolute Gasteiger partial charge is 0.497 e. The molecule has 7 nitrogen and oxygen atoms in total. The first-order valence-electron chi connectivity index (χ1n) is 10.8. The molecule has 0 amide bonds. The lowest BCUT2D eigenvalue weighted by Gasteiger charge is -2.42. The molecule has 2 aromatic carbocycles. The average Bonchev–Trinajstić information content (AvgIpc) is 2.84. The van der Waals surface area contributed by atoms with Crippen LogP contribution in [0, 0.1) is 0 Å². The van der Waals surface area contributed by atoms with Gasteiger partial charge in [-0.15, -0.1) is 6.58 Å². The summed E-state index contributed by atoms with van der Waals surface area (Å²) in [5, 5.41) is 10.8. The first-order chi connectivity index (χ1) is 16.0. The number of aliphatic hydroxyl groups is 1. The minimum atomic E-state index is -1.03. The van der Waals surface area contributed by atoms with E-state index in [1.165, 1.54) is 6.08 Å². The van der Waals surface area contributed by atoms with Crippen LogP contribution in [-0.4, -0.2) is 55.5 Å². The highest BCUT2D eigenvalue weighted by molar-refractivity contribution is 5.87. The normalized spacial score (nSPS) is 25.0. The zero-order valence-electron chi connectivity index (χ0n) is 18.8. The average molecular weight is 455 g/mol. The lowest BCUT2D eigenvalue weighted by Crippen LogP contribution is -2.59. The molecule has 0 saturated carbocycles. The fourth-order valence-electron chi connectivity index (χ4n) is 3.41. The first kappa shape index (κ1) is 24.7. The van der Waals surface area contributed by atoms with Gasteiger partial charge in [-0.3, -0.25) is 0 Å². The van der Waals surface area contributed by atoms with E-state index in [1.54, 1.807) is 26.2 Å². The molecular weight excluding hydrogens is 424 g/mol. The molecule has 0 unspecified atom stereocenters. The molecule has 1 saturated heterocycles. The zero-order chi connectivity index (χ0) is 23.6. The van der Waals surface area contributed by atoms with Gasteiger partial charge in [0.05, 0.1) is 26.4 Å². The number of carbonyl (C=O) groups is 1. The second-order valence-electron chi connectivity index (χ2n) is 7.59. The molecule has 3 rings (SSSR count). The van der Waals surface area contributed by atoms with Gasteiger partial charge in [-0.05, 0) is 36.3 Å². The number of benzene rings is 2. The Morgan fingerprint density at radius 2 is 1.82 bits per heavy atom. The Hall–Kier alpha value is -2.97. The number of rotatable bonds is 10. The molecule has 7 heteroatoms. The Morgan fingerprint density at radius 3 is 2.48 bits per heavy atom. The summed E-state index contributed by atoms with van der Waals surface area (Å²) in [6, 6.07) is 16.8. The number of esters is 1. The number of methoxy groups -OCH3 is 1. The molecule has 2 aromatic rings. The standard InChI is InChI=1S/C26H30O7/c1-4-16-30-26-25(33-22(27)15-12-19-8-6-5-7-9-19)24(23(28)18(2)32-26)31-17-20-10-13-21(29-3)14-11-20/h4-15,18,23-26,28H,1,16-17H2,2-3H3/b15-12+/t18-,23-,24+,25+,26+/m0/s1. The van der Waals surface area contributed by atoms with Crippen LogP contribution in [0.5, 0.6) is 5.75 Å². The summed E-state index contributed by atoms with van der Waals surface area (Å²) in [5.74, 6) is 0.132. The van der Waals surface area contributed by atoms with Crippen molar-refractivity contribution in [2.75, 3.05) is 13.7 Å². The van der Waals surface area contributed by atoms with Crippen molar-refractivity contribution in [3.8, 4) is 5.75 Å². The second kappa shape index (κ2) is 12.3. The Labute approximate surface area is 194 Å². The molecule has 33 heavy (non-hydrogen) atoms. The van der Waals surface area contributed by atoms with Gasteiger partial charge < -0.3 is 28.8 Å². The molecule has 0 aromatic heterocycles. The van der Waals surface area contributed by atoms with Crippen LogP contribution in [0.2, 0.25) is 0 Å². The van der Waals surface area contributed by atoms with Crippen molar-refractivity contribution in [2.24, 2.45) is 0 Å². The summed E-state index contributed by atoms with van der Waals surface area (Å²) >= 11 is 0. The van der Waals surface area contributed by atoms with Crippen LogP contribution in [0.1, 0.15) is 18.1 Å². The van der Waals surface area contributed by atoms with E-state index in [1.807, 2.05) is 54.6 Å². The van der Waals surface area contributed by atoms with Gasteiger partial charge >= 0.3 is 5.97 Å². The number of aliphatic hydroxyl groups excluding tert-OH is 1. The molecule has 1 N–H and O–H groups in total. The number of ether oxygens (including phenoxy) is 5. The van der Waals surface area contributed by atoms with E-state index in [4.69, 9.17) is 23.7 Å². The van der Waals surface area contributed by atoms with Crippen LogP contribution >= 0.6 is 0 Å². The third-order valence-corrected chi connectivity index (χ3v) is 5.20. The summed E-state index contributed by atoms with van der Waals surface area (Å²) in [6.07, 6.45) is 0.167. The first-order valence-corrected chi connectivity index (χ1v) is 10.8. The van der Waals surface area contributed by atoms with Gasteiger partial charge in [0, 0.05) is 6.08 Å². The minimum Gasteiger partial charge on any atom is -0.497 e. The molecule has 1 heterocycles. The quantitative estimate of drug-likeness (QED) is 0.334. The highest BCUT2D eigenvalue weighted by Crippen LogP contribution is 2.28. The van der Waals surface area contributed by atoms with Gasteiger partial charge in [0.25, 0.3) is 0 Å². The van der Waals surface area contributed by atoms with Crippen molar-refractivity contribution in [2.45, 2.75) is 44.2 Å². The summed E-state index contributed by atoms with van der Waals surface area (Å²) in [6.45, 7) is 5.74. The van der Waals surface area contributed by atoms with E-state index in [2.05, 4.69) is 6.58 Å². The van der Waals surface area contributed by atoms with Gasteiger partial charge in [-0.25, -0.2) is 4.79 Å². The summed E-state index contributed by atoms with van der Waals surface area (Å²) in [7, 11) is 1.60. The maximum atomic E-state index is 12.6. The van der Waals surface area contributed by atoms with E-state index in [0.717, 1.165) is 16.9 Å².